The molecule has 2 aromatic heterocycles. The Balaban J connectivity index is 1.38. The number of carbonyl (C=O) groups is 3. The Morgan fingerprint density at radius 3 is 2.95 bits per heavy atom. The number of amides is 2. The van der Waals surface area contributed by atoms with Crippen LogP contribution in [0.2, 0.25) is 0 Å². The van der Waals surface area contributed by atoms with Crippen molar-refractivity contribution in [2.75, 3.05) is 30.4 Å². The summed E-state index contributed by atoms with van der Waals surface area (Å²) in [5, 5.41) is 38.8. The van der Waals surface area contributed by atoms with Crippen LogP contribution in [0.5, 0.6) is 0 Å². The summed E-state index contributed by atoms with van der Waals surface area (Å²) < 4.78 is 1.68. The largest absolute Gasteiger partial charge is 0.481 e. The van der Waals surface area contributed by atoms with E-state index in [9.17, 15) is 19.5 Å². The maximum Gasteiger partial charge on any atom is 0.313 e. The van der Waals surface area contributed by atoms with Crippen molar-refractivity contribution in [2.24, 2.45) is 10.6 Å². The summed E-state index contributed by atoms with van der Waals surface area (Å²) in [4.78, 5) is 48.8. The number of nitrogens with zero attached hydrogens (tertiary/aromatic N) is 8. The molecule has 40 heavy (non-hydrogen) atoms. The van der Waals surface area contributed by atoms with Crippen LogP contribution in [0.25, 0.3) is 0 Å². The van der Waals surface area contributed by atoms with Crippen LogP contribution < -0.4 is 11.1 Å². The number of β-lactam (4-membered cyclic amide) rings is 1. The third-order valence-electron chi connectivity index (χ3n) is 6.35. The standard InChI is InChI=1S/C22H28N10O5S3/c1-2-3-4-5-7-32-21(27-29-30-32)40-12-22(19(35)36)10-31-17(34)15(18(31)39-11-22)26-16(33)14(28-37-8-6-23)13-9-38-20(24)25-13/h9,15,18H,2-5,7-8,10-12H2,1H3,(H2,24,25)(H,26,33)(H,35,36)/t15?,18-,22?/m1/s1. The van der Waals surface area contributed by atoms with Gasteiger partial charge in [0.05, 0.1) is 0 Å². The molecule has 4 heterocycles. The Morgan fingerprint density at radius 2 is 2.25 bits per heavy atom. The van der Waals surface area contributed by atoms with E-state index in [2.05, 4.69) is 37.9 Å². The molecule has 0 radical (unpaired) electrons. The van der Waals surface area contributed by atoms with Crippen LogP contribution in [0.4, 0.5) is 5.13 Å². The number of thioether (sulfide) groups is 2. The van der Waals surface area contributed by atoms with E-state index < -0.39 is 34.6 Å². The molecule has 0 spiro atoms. The number of nitrogens with two attached hydrogens (primary N) is 1. The number of hydrogen-bond donors (Lipinski definition) is 3. The lowest BCUT2D eigenvalue weighted by Gasteiger charge is -2.53. The highest BCUT2D eigenvalue weighted by molar-refractivity contribution is 8.00. The Labute approximate surface area is 241 Å². The van der Waals surface area contributed by atoms with Gasteiger partial charge in [0.25, 0.3) is 5.91 Å². The van der Waals surface area contributed by atoms with Crippen molar-refractivity contribution in [1.82, 2.24) is 35.4 Å². The van der Waals surface area contributed by atoms with E-state index in [0.717, 1.165) is 37.0 Å². The average Bonchev–Trinajstić information content (AvgIpc) is 3.59. The fourth-order valence-electron chi connectivity index (χ4n) is 4.17. The number of carboxylic acid groups (broad SMARTS) is 1. The van der Waals surface area contributed by atoms with Crippen molar-refractivity contribution >= 4 is 63.5 Å². The van der Waals surface area contributed by atoms with Gasteiger partial charge in [-0.3, -0.25) is 14.4 Å². The van der Waals surface area contributed by atoms with Gasteiger partial charge in [0, 0.05) is 30.0 Å². The summed E-state index contributed by atoms with van der Waals surface area (Å²) >= 11 is 3.64. The normalized spacial score (nSPS) is 22.2. The molecular weight excluding hydrogens is 581 g/mol. The minimum atomic E-state index is -1.22. The Morgan fingerprint density at radius 1 is 1.43 bits per heavy atom. The van der Waals surface area contributed by atoms with Crippen LogP contribution in [0.3, 0.4) is 0 Å². The molecule has 0 bridgehead atoms. The van der Waals surface area contributed by atoms with Crippen molar-refractivity contribution in [3.8, 4) is 6.07 Å². The number of hydrogen-bond acceptors (Lipinski definition) is 14. The Hall–Kier alpha value is -3.43. The number of aromatic nitrogens is 5. The second-order valence-electron chi connectivity index (χ2n) is 9.18. The zero-order valence-corrected chi connectivity index (χ0v) is 24.0. The van der Waals surface area contributed by atoms with Crippen LogP contribution in [0.15, 0.2) is 15.7 Å². The van der Waals surface area contributed by atoms with Crippen LogP contribution >= 0.6 is 34.9 Å². The highest BCUT2D eigenvalue weighted by Gasteiger charge is 2.57. The first-order valence-electron chi connectivity index (χ1n) is 12.4. The molecule has 2 amide bonds. The second kappa shape index (κ2) is 13.3. The van der Waals surface area contributed by atoms with E-state index >= 15 is 0 Å². The van der Waals surface area contributed by atoms with Crippen LogP contribution in [-0.4, -0.2) is 94.8 Å². The number of nitrogens with one attached hydrogen (secondary N) is 1. The predicted molar refractivity (Wildman–Crippen MR) is 147 cm³/mol. The molecule has 4 rings (SSSR count). The number of rotatable bonds is 14. The van der Waals surface area contributed by atoms with Gasteiger partial charge < -0.3 is 25.9 Å². The monoisotopic (exact) mass is 608 g/mol. The summed E-state index contributed by atoms with van der Waals surface area (Å²) in [6.45, 7) is 2.39. The van der Waals surface area contributed by atoms with Crippen LogP contribution in [0.1, 0.15) is 38.3 Å². The lowest BCUT2D eigenvalue weighted by Crippen LogP contribution is -2.74. The number of thiazole rings is 1. The topological polar surface area (TPSA) is 215 Å². The minimum Gasteiger partial charge on any atom is -0.481 e. The fraction of sp³-hybridized carbons (Fsp3) is 0.591. The van der Waals surface area contributed by atoms with Gasteiger partial charge in [-0.05, 0) is 16.8 Å². The van der Waals surface area contributed by atoms with Gasteiger partial charge in [-0.15, -0.1) is 28.2 Å². The molecule has 2 aliphatic heterocycles. The fourth-order valence-corrected chi connectivity index (χ4v) is 7.49. The first kappa shape index (κ1) is 29.6. The van der Waals surface area contributed by atoms with E-state index in [-0.39, 0.29) is 41.2 Å². The Bertz CT molecular complexity index is 1310. The van der Waals surface area contributed by atoms with Gasteiger partial charge in [-0.1, -0.05) is 43.1 Å². The summed E-state index contributed by atoms with van der Waals surface area (Å²) in [7, 11) is 0. The molecule has 0 aliphatic carbocycles. The molecule has 2 aromatic rings. The highest BCUT2D eigenvalue weighted by atomic mass is 32.2. The molecule has 0 saturated carbocycles. The number of aliphatic carboxylic acids is 1. The Kier molecular flexibility index (Phi) is 9.81. The molecule has 214 valence electrons. The number of nitrogen functional groups attached to an aromatic ring is 1. The van der Waals surface area contributed by atoms with Gasteiger partial charge in [-0.25, -0.2) is 9.67 Å². The summed E-state index contributed by atoms with van der Waals surface area (Å²) in [5.41, 5.74) is 4.37. The number of fused-ring (bicyclic) bond motifs is 1. The summed E-state index contributed by atoms with van der Waals surface area (Å²) in [6, 6.07) is 0.864. The quantitative estimate of drug-likeness (QED) is 0.0890. The maximum absolute atomic E-state index is 13.0. The lowest BCUT2D eigenvalue weighted by molar-refractivity contribution is -0.157. The number of unbranched alkanes of at least 4 members (excludes halogenated alkanes) is 3. The number of oxime groups is 1. The molecule has 0 aromatic carbocycles. The van der Waals surface area contributed by atoms with Gasteiger partial charge in [0.2, 0.25) is 17.7 Å². The molecule has 2 unspecified atom stereocenters. The van der Waals surface area contributed by atoms with E-state index in [0.29, 0.717) is 11.7 Å². The number of tetrazole rings is 1. The van der Waals surface area contributed by atoms with Crippen molar-refractivity contribution in [3.63, 3.8) is 0 Å². The number of aryl methyl sites for hydroxylation is 1. The van der Waals surface area contributed by atoms with Crippen molar-refractivity contribution in [1.29, 1.82) is 5.26 Å². The summed E-state index contributed by atoms with van der Waals surface area (Å²) in [5.74, 6) is -1.74. The second-order valence-corrected chi connectivity index (χ2v) is 12.1. The zero-order valence-electron chi connectivity index (χ0n) is 21.6. The third kappa shape index (κ3) is 6.47. The van der Waals surface area contributed by atoms with E-state index in [1.165, 1.54) is 33.8 Å². The number of carbonyl (C=O) groups excluding carboxylic acids is 2. The SMILES string of the molecule is CCCCCCn1nnnc1SCC1(C(=O)O)CS[C@@H]2C(NC(=O)C(=NOCC#N)c3csc(N)n3)C(=O)N2C1. The third-order valence-corrected chi connectivity index (χ3v) is 9.86. The van der Waals surface area contributed by atoms with Crippen molar-refractivity contribution in [2.45, 2.75) is 55.7 Å². The molecule has 2 aliphatic rings. The molecular formula is C22H28N10O5S3. The van der Waals surface area contributed by atoms with Crippen LogP contribution in [0, 0.1) is 16.7 Å². The highest BCUT2D eigenvalue weighted by Crippen LogP contribution is 2.44. The van der Waals surface area contributed by atoms with E-state index in [1.54, 1.807) is 10.8 Å². The lowest BCUT2D eigenvalue weighted by atomic mass is 9.89. The van der Waals surface area contributed by atoms with Crippen LogP contribution in [-0.2, 0) is 25.8 Å². The molecule has 3 atom stereocenters. The van der Waals surface area contributed by atoms with Crippen molar-refractivity contribution in [3.05, 3.63) is 11.1 Å². The smallest absolute Gasteiger partial charge is 0.313 e. The van der Waals surface area contributed by atoms with Gasteiger partial charge >= 0.3 is 5.97 Å². The molecule has 4 N–H and O–H groups in total. The van der Waals surface area contributed by atoms with Crippen molar-refractivity contribution < 1.29 is 24.3 Å². The minimum absolute atomic E-state index is 0.00881. The first-order valence-corrected chi connectivity index (χ1v) is 15.3. The first-order chi connectivity index (χ1) is 19.3. The average molecular weight is 609 g/mol. The van der Waals surface area contributed by atoms with E-state index in [1.807, 2.05) is 0 Å². The van der Waals surface area contributed by atoms with Gasteiger partial charge in [0.15, 0.2) is 10.8 Å². The zero-order chi connectivity index (χ0) is 28.7. The predicted octanol–water partition coefficient (Wildman–Crippen LogP) is 0.800. The number of carboxylic acids is 1. The number of anilines is 1. The molecule has 15 nitrogen and oxygen atoms in total. The molecule has 18 heteroatoms. The van der Waals surface area contributed by atoms with Gasteiger partial charge in [-0.2, -0.15) is 5.26 Å². The molecule has 2 saturated heterocycles. The van der Waals surface area contributed by atoms with Gasteiger partial charge in [0.1, 0.15) is 28.6 Å². The maximum atomic E-state index is 13.0. The summed E-state index contributed by atoms with van der Waals surface area (Å²) in [6.07, 6.45) is 4.22. The van der Waals surface area contributed by atoms with E-state index in [4.69, 9.17) is 15.8 Å². The number of nitriles is 1. The molecule has 2 fully saturated rings.